The first kappa shape index (κ1) is 57.6. The van der Waals surface area contributed by atoms with Crippen LogP contribution in [0.5, 0.6) is 0 Å². The Morgan fingerprint density at radius 2 is 0.900 bits per heavy atom. The lowest BCUT2D eigenvalue weighted by atomic mass is 10.1. The quantitative estimate of drug-likeness (QED) is 0.0237. The van der Waals surface area contributed by atoms with Gasteiger partial charge < -0.3 is 24.6 Å². The summed E-state index contributed by atoms with van der Waals surface area (Å²) >= 11 is 0. The van der Waals surface area contributed by atoms with E-state index in [1.54, 1.807) is 0 Å². The van der Waals surface area contributed by atoms with Crippen molar-refractivity contribution >= 4 is 13.8 Å². The Hall–Kier alpha value is -2.36. The van der Waals surface area contributed by atoms with Gasteiger partial charge in [0.15, 0.2) is 0 Å². The zero-order valence-corrected chi connectivity index (χ0v) is 38.8. The van der Waals surface area contributed by atoms with Crippen LogP contribution in [0.4, 0.5) is 0 Å². The van der Waals surface area contributed by atoms with Gasteiger partial charge in [-0.15, -0.1) is 0 Å². The van der Waals surface area contributed by atoms with E-state index in [-0.39, 0.29) is 19.6 Å². The number of allylic oxidation sites excluding steroid dienone is 14. The third kappa shape index (κ3) is 45.2. The highest BCUT2D eigenvalue weighted by Gasteiger charge is 2.26. The molecule has 3 N–H and O–H groups in total. The van der Waals surface area contributed by atoms with Crippen LogP contribution in [0, 0.1) is 0 Å². The SMILES string of the molecule is CC/C=C\C/C=C\C/C=C\C/C=C\CCCCCCCCCCC(=O)OC(COCCCCCCCCCC/C=C\C/C=C\C/C=C\CC)COP(=O)(O)OCC(O)CO. The highest BCUT2D eigenvalue weighted by molar-refractivity contribution is 7.47. The minimum Gasteiger partial charge on any atom is -0.457 e. The first-order valence-electron chi connectivity index (χ1n) is 23.6. The van der Waals surface area contributed by atoms with E-state index in [0.717, 1.165) is 96.3 Å². The van der Waals surface area contributed by atoms with Gasteiger partial charge in [-0.2, -0.15) is 0 Å². The van der Waals surface area contributed by atoms with Crippen molar-refractivity contribution < 1.29 is 43.0 Å². The Morgan fingerprint density at radius 1 is 0.517 bits per heavy atom. The van der Waals surface area contributed by atoms with Gasteiger partial charge in [-0.05, 0) is 83.5 Å². The first-order valence-corrected chi connectivity index (χ1v) is 25.1. The summed E-state index contributed by atoms with van der Waals surface area (Å²) in [6, 6.07) is 0. The van der Waals surface area contributed by atoms with Crippen LogP contribution < -0.4 is 0 Å². The average molecular weight is 863 g/mol. The van der Waals surface area contributed by atoms with E-state index in [2.05, 4.69) is 98.9 Å². The van der Waals surface area contributed by atoms with E-state index in [0.29, 0.717) is 13.0 Å². The molecule has 346 valence electrons. The first-order chi connectivity index (χ1) is 29.3. The number of hydrogen-bond donors (Lipinski definition) is 3. The molecular weight excluding hydrogens is 776 g/mol. The molecule has 10 heteroatoms. The molecule has 0 aliphatic rings. The number of aliphatic hydroxyl groups is 2. The fraction of sp³-hybridized carbons (Fsp3) is 0.700. The summed E-state index contributed by atoms with van der Waals surface area (Å²) < 4.78 is 33.5. The standard InChI is InChI=1S/C50H87O9P/c1-3-5-7-9-11-13-15-17-19-21-23-24-25-26-28-30-32-34-36-38-40-42-50(53)59-49(47-58-60(54,55)57-45-48(52)44-51)46-56-43-41-39-37-35-33-31-29-27-22-20-18-16-14-12-10-8-6-4-2/h5-8,11-14,17-20,23-24,48-49,51-52H,3-4,9-10,15-16,21-22,25-47H2,1-2H3,(H,54,55)/b7-5-,8-6-,13-11-,14-12-,19-17-,20-18-,24-23-. The van der Waals surface area contributed by atoms with Crippen molar-refractivity contribution in [2.24, 2.45) is 0 Å². The van der Waals surface area contributed by atoms with Crippen molar-refractivity contribution in [3.8, 4) is 0 Å². The summed E-state index contributed by atoms with van der Waals surface area (Å²) in [5.41, 5.74) is 0. The number of carbonyl (C=O) groups excluding carboxylic acids is 1. The molecule has 60 heavy (non-hydrogen) atoms. The summed E-state index contributed by atoms with van der Waals surface area (Å²) in [7, 11) is -4.53. The van der Waals surface area contributed by atoms with Gasteiger partial charge in [0.25, 0.3) is 0 Å². The molecule has 0 bridgehead atoms. The van der Waals surface area contributed by atoms with Crippen LogP contribution in [-0.4, -0.2) is 66.3 Å². The molecule has 0 aromatic rings. The van der Waals surface area contributed by atoms with E-state index < -0.39 is 39.2 Å². The summed E-state index contributed by atoms with van der Waals surface area (Å²) in [5.74, 6) is -0.397. The smallest absolute Gasteiger partial charge is 0.457 e. The molecular formula is C50H87O9P. The Balaban J connectivity index is 4.16. The molecule has 3 atom stereocenters. The third-order valence-corrected chi connectivity index (χ3v) is 10.5. The van der Waals surface area contributed by atoms with Crippen molar-refractivity contribution in [1.82, 2.24) is 0 Å². The number of phosphoric ester groups is 1. The second-order valence-electron chi connectivity index (χ2n) is 15.4. The van der Waals surface area contributed by atoms with Crippen LogP contribution in [0.1, 0.15) is 181 Å². The molecule has 0 fully saturated rings. The van der Waals surface area contributed by atoms with Crippen molar-refractivity contribution in [1.29, 1.82) is 0 Å². The van der Waals surface area contributed by atoms with Crippen LogP contribution in [0.25, 0.3) is 0 Å². The molecule has 0 aromatic heterocycles. The van der Waals surface area contributed by atoms with Gasteiger partial charge in [0.2, 0.25) is 0 Å². The molecule has 0 aliphatic heterocycles. The number of unbranched alkanes of at least 4 members (excludes halogenated alkanes) is 16. The van der Waals surface area contributed by atoms with Crippen LogP contribution in [0.3, 0.4) is 0 Å². The number of rotatable bonds is 44. The van der Waals surface area contributed by atoms with Crippen molar-refractivity contribution in [2.45, 2.75) is 193 Å². The number of aliphatic hydroxyl groups excluding tert-OH is 2. The number of esters is 1. The summed E-state index contributed by atoms with van der Waals surface area (Å²) in [6.45, 7) is 3.26. The summed E-state index contributed by atoms with van der Waals surface area (Å²) in [4.78, 5) is 22.7. The fourth-order valence-corrected chi connectivity index (χ4v) is 6.86. The maximum absolute atomic E-state index is 12.7. The van der Waals surface area contributed by atoms with Gasteiger partial charge in [-0.3, -0.25) is 13.8 Å². The fourth-order valence-electron chi connectivity index (χ4n) is 6.07. The Kier molecular flexibility index (Phi) is 44.3. The lowest BCUT2D eigenvalue weighted by molar-refractivity contribution is -0.154. The zero-order valence-electron chi connectivity index (χ0n) is 37.9. The van der Waals surface area contributed by atoms with Gasteiger partial charge in [0.1, 0.15) is 12.2 Å². The monoisotopic (exact) mass is 863 g/mol. The maximum Gasteiger partial charge on any atom is 0.472 e. The molecule has 0 rings (SSSR count). The highest BCUT2D eigenvalue weighted by Crippen LogP contribution is 2.43. The van der Waals surface area contributed by atoms with Gasteiger partial charge >= 0.3 is 13.8 Å². The van der Waals surface area contributed by atoms with Gasteiger partial charge in [0, 0.05) is 13.0 Å². The number of hydrogen-bond acceptors (Lipinski definition) is 8. The predicted octanol–water partition coefficient (Wildman–Crippen LogP) is 13.5. The molecule has 0 saturated heterocycles. The van der Waals surface area contributed by atoms with Crippen molar-refractivity contribution in [2.75, 3.05) is 33.0 Å². The predicted molar refractivity (Wildman–Crippen MR) is 251 cm³/mol. The number of phosphoric acid groups is 1. The van der Waals surface area contributed by atoms with Gasteiger partial charge in [-0.25, -0.2) is 4.57 Å². The average Bonchev–Trinajstić information content (AvgIpc) is 3.24. The van der Waals surface area contributed by atoms with Crippen LogP contribution in [0.15, 0.2) is 85.1 Å². The number of ether oxygens (including phenoxy) is 2. The van der Waals surface area contributed by atoms with Crippen LogP contribution >= 0.6 is 7.82 Å². The lowest BCUT2D eigenvalue weighted by Crippen LogP contribution is -2.29. The lowest BCUT2D eigenvalue weighted by Gasteiger charge is -2.20. The largest absolute Gasteiger partial charge is 0.472 e. The third-order valence-electron chi connectivity index (χ3n) is 9.58. The van der Waals surface area contributed by atoms with E-state index in [1.807, 2.05) is 0 Å². The van der Waals surface area contributed by atoms with Crippen molar-refractivity contribution in [3.05, 3.63) is 85.1 Å². The van der Waals surface area contributed by atoms with Crippen molar-refractivity contribution in [3.63, 3.8) is 0 Å². The molecule has 3 unspecified atom stereocenters. The summed E-state index contributed by atoms with van der Waals surface area (Å²) in [6.07, 6.45) is 56.8. The Bertz CT molecular complexity index is 1210. The molecule has 0 spiro atoms. The molecule has 0 aliphatic carbocycles. The Morgan fingerprint density at radius 3 is 1.35 bits per heavy atom. The minimum absolute atomic E-state index is 0.0360. The minimum atomic E-state index is -4.53. The molecule has 0 aromatic carbocycles. The number of carbonyl (C=O) groups is 1. The van der Waals surface area contributed by atoms with E-state index in [9.17, 15) is 19.4 Å². The molecule has 0 heterocycles. The summed E-state index contributed by atoms with van der Waals surface area (Å²) in [5, 5.41) is 18.4. The van der Waals surface area contributed by atoms with Crippen LogP contribution in [-0.2, 0) is 27.9 Å². The van der Waals surface area contributed by atoms with Crippen LogP contribution in [0.2, 0.25) is 0 Å². The Labute approximate surface area is 366 Å². The van der Waals surface area contributed by atoms with E-state index in [4.69, 9.17) is 23.6 Å². The zero-order chi connectivity index (χ0) is 43.9. The second-order valence-corrected chi connectivity index (χ2v) is 16.8. The van der Waals surface area contributed by atoms with E-state index in [1.165, 1.54) is 57.8 Å². The molecule has 9 nitrogen and oxygen atoms in total. The molecule has 0 radical (unpaired) electrons. The van der Waals surface area contributed by atoms with E-state index >= 15 is 0 Å². The molecule has 0 saturated carbocycles. The van der Waals surface area contributed by atoms with Gasteiger partial charge in [0.05, 0.1) is 26.4 Å². The second kappa shape index (κ2) is 46.2. The van der Waals surface area contributed by atoms with Gasteiger partial charge in [-0.1, -0.05) is 176 Å². The topological polar surface area (TPSA) is 132 Å². The maximum atomic E-state index is 12.7. The molecule has 0 amide bonds. The normalized spacial score (nSPS) is 14.7. The highest BCUT2D eigenvalue weighted by atomic mass is 31.2.